The standard InChI is InChI=1S/C20H17ClF2N5O3/c21-20(22,23)31-14-6-4-13(5-7-14)26-18(29)15-8-9-16(19(30)10-12-25-27-19)28(15)17-3-1-2-11-24-17/h1-2,4-7,10-12,15-16,30H,8-9H2,(H,26,29)/t15-,16-,19-/m1/s1. The summed E-state index contributed by atoms with van der Waals surface area (Å²) < 4.78 is 29.7. The number of carbonyl (C=O) groups excluding carboxylic acids is 1. The predicted octanol–water partition coefficient (Wildman–Crippen LogP) is 3.69. The fourth-order valence-electron chi connectivity index (χ4n) is 3.68. The summed E-state index contributed by atoms with van der Waals surface area (Å²) in [6.45, 7) is 0. The van der Waals surface area contributed by atoms with Crippen molar-refractivity contribution in [1.82, 2.24) is 4.98 Å². The van der Waals surface area contributed by atoms with E-state index in [-0.39, 0.29) is 11.7 Å². The lowest BCUT2D eigenvalue weighted by atomic mass is 10.0. The number of ether oxygens (including phenoxy) is 1. The van der Waals surface area contributed by atoms with E-state index in [4.69, 9.17) is 11.6 Å². The first-order valence-corrected chi connectivity index (χ1v) is 9.73. The Balaban J connectivity index is 1.54. The van der Waals surface area contributed by atoms with Crippen LogP contribution in [0, 0.1) is 6.07 Å². The number of rotatable bonds is 6. The number of hydrogen-bond donors (Lipinski definition) is 2. The molecule has 0 bridgehead atoms. The molecular formula is C20H17ClF2N5O3. The second kappa shape index (κ2) is 8.20. The number of halogens is 3. The van der Waals surface area contributed by atoms with E-state index in [2.05, 4.69) is 31.3 Å². The van der Waals surface area contributed by atoms with Crippen LogP contribution in [0.2, 0.25) is 0 Å². The molecule has 1 aromatic carbocycles. The van der Waals surface area contributed by atoms with Crippen molar-refractivity contribution in [2.45, 2.75) is 36.2 Å². The highest BCUT2D eigenvalue weighted by atomic mass is 35.5. The monoisotopic (exact) mass is 448 g/mol. The van der Waals surface area contributed by atoms with E-state index in [0.717, 1.165) is 0 Å². The molecule has 4 rings (SSSR count). The van der Waals surface area contributed by atoms with Gasteiger partial charge in [0.05, 0.1) is 12.2 Å². The number of aliphatic hydroxyl groups is 1. The van der Waals surface area contributed by atoms with Gasteiger partial charge >= 0.3 is 5.57 Å². The number of benzene rings is 1. The van der Waals surface area contributed by atoms with Crippen LogP contribution in [-0.2, 0) is 4.79 Å². The molecule has 1 radical (unpaired) electrons. The molecule has 8 nitrogen and oxygen atoms in total. The lowest BCUT2D eigenvalue weighted by Gasteiger charge is -2.35. The van der Waals surface area contributed by atoms with Gasteiger partial charge in [0, 0.05) is 29.6 Å². The summed E-state index contributed by atoms with van der Waals surface area (Å²) in [5, 5.41) is 21.3. The molecule has 1 fully saturated rings. The molecule has 0 aliphatic carbocycles. The quantitative estimate of drug-likeness (QED) is 0.656. The van der Waals surface area contributed by atoms with Gasteiger partial charge in [0.25, 0.3) is 0 Å². The summed E-state index contributed by atoms with van der Waals surface area (Å²) in [5.41, 5.74) is -5.02. The first-order valence-electron chi connectivity index (χ1n) is 9.35. The van der Waals surface area contributed by atoms with Crippen LogP contribution in [0.3, 0.4) is 0 Å². The molecule has 3 atom stereocenters. The molecule has 1 amide bonds. The first kappa shape index (κ1) is 21.1. The zero-order valence-corrected chi connectivity index (χ0v) is 16.7. The van der Waals surface area contributed by atoms with Gasteiger partial charge in [0.15, 0.2) is 0 Å². The Hall–Kier alpha value is -3.11. The molecule has 2 aliphatic heterocycles. The van der Waals surface area contributed by atoms with Crippen LogP contribution in [0.5, 0.6) is 5.75 Å². The number of anilines is 2. The van der Waals surface area contributed by atoms with E-state index in [9.17, 15) is 18.7 Å². The second-order valence-corrected chi connectivity index (χ2v) is 7.44. The zero-order chi connectivity index (χ0) is 22.1. The molecule has 2 N–H and O–H groups in total. The Morgan fingerprint density at radius 1 is 1.35 bits per heavy atom. The lowest BCUT2D eigenvalue weighted by molar-refractivity contribution is -0.117. The van der Waals surface area contributed by atoms with Crippen LogP contribution < -0.4 is 15.0 Å². The number of carbonyl (C=O) groups is 1. The van der Waals surface area contributed by atoms with Crippen LogP contribution in [0.25, 0.3) is 0 Å². The fraction of sp³-hybridized carbons (Fsp3) is 0.300. The third-order valence-electron chi connectivity index (χ3n) is 4.97. The first-order chi connectivity index (χ1) is 14.8. The maximum absolute atomic E-state index is 13.1. The minimum atomic E-state index is -3.82. The van der Waals surface area contributed by atoms with Crippen molar-refractivity contribution in [2.24, 2.45) is 10.2 Å². The number of azo groups is 1. The van der Waals surface area contributed by atoms with Crippen molar-refractivity contribution in [3.8, 4) is 5.75 Å². The van der Waals surface area contributed by atoms with Crippen LogP contribution in [0.4, 0.5) is 20.3 Å². The normalized spacial score (nSPS) is 25.1. The summed E-state index contributed by atoms with van der Waals surface area (Å²) in [5.74, 6) is -0.119. The molecular weight excluding hydrogens is 432 g/mol. The maximum atomic E-state index is 13.1. The largest absolute Gasteiger partial charge is 0.487 e. The van der Waals surface area contributed by atoms with Gasteiger partial charge in [-0.1, -0.05) is 0 Å². The molecule has 0 spiro atoms. The van der Waals surface area contributed by atoms with E-state index in [1.165, 1.54) is 36.5 Å². The molecule has 0 saturated carbocycles. The fourth-order valence-corrected chi connectivity index (χ4v) is 3.77. The summed E-state index contributed by atoms with van der Waals surface area (Å²) in [4.78, 5) is 19.0. The highest BCUT2D eigenvalue weighted by Crippen LogP contribution is 2.38. The molecule has 1 saturated heterocycles. The third kappa shape index (κ3) is 4.64. The van der Waals surface area contributed by atoms with E-state index < -0.39 is 23.4 Å². The average molecular weight is 449 g/mol. The van der Waals surface area contributed by atoms with Crippen molar-refractivity contribution in [1.29, 1.82) is 0 Å². The number of nitrogens with one attached hydrogen (secondary N) is 1. The lowest BCUT2D eigenvalue weighted by Crippen LogP contribution is -2.52. The van der Waals surface area contributed by atoms with Gasteiger partial charge < -0.3 is 20.1 Å². The van der Waals surface area contributed by atoms with Gasteiger partial charge in [-0.15, -0.1) is 13.9 Å². The van der Waals surface area contributed by atoms with Crippen molar-refractivity contribution in [3.05, 3.63) is 60.9 Å². The minimum Gasteiger partial charge on any atom is -0.420 e. The van der Waals surface area contributed by atoms with Crippen LogP contribution in [0.1, 0.15) is 12.8 Å². The number of hydrogen-bond acceptors (Lipinski definition) is 7. The third-order valence-corrected chi connectivity index (χ3v) is 5.05. The Kier molecular flexibility index (Phi) is 5.59. The molecule has 2 aromatic rings. The van der Waals surface area contributed by atoms with Gasteiger partial charge in [0.2, 0.25) is 11.6 Å². The van der Waals surface area contributed by atoms with Gasteiger partial charge in [-0.3, -0.25) is 4.79 Å². The number of aromatic nitrogens is 1. The van der Waals surface area contributed by atoms with Crippen LogP contribution in [0.15, 0.2) is 65.1 Å². The number of nitrogens with zero attached hydrogens (tertiary/aromatic N) is 4. The molecule has 0 unspecified atom stereocenters. The van der Waals surface area contributed by atoms with Gasteiger partial charge in [-0.05, 0) is 55.3 Å². The second-order valence-electron chi connectivity index (χ2n) is 7.00. The van der Waals surface area contributed by atoms with E-state index >= 15 is 0 Å². The zero-order valence-electron chi connectivity index (χ0n) is 16.0. The Morgan fingerprint density at radius 2 is 2.13 bits per heavy atom. The Morgan fingerprint density at radius 3 is 2.74 bits per heavy atom. The Labute approximate surface area is 181 Å². The SMILES string of the molecule is O=C(Nc1ccc(OC(F)(F)Cl)cc1)[C@H]1CC[C@H]([C@]2(O)C=CN=N2)N1c1[c]cccn1. The molecule has 2 aliphatic rings. The van der Waals surface area contributed by atoms with Gasteiger partial charge in [0.1, 0.15) is 17.6 Å². The van der Waals surface area contributed by atoms with E-state index in [1.54, 1.807) is 23.2 Å². The summed E-state index contributed by atoms with van der Waals surface area (Å²) in [6.07, 6.45) is 5.32. The molecule has 1 aromatic heterocycles. The minimum absolute atomic E-state index is 0.149. The van der Waals surface area contributed by atoms with E-state index in [0.29, 0.717) is 24.3 Å². The number of alkyl halides is 3. The van der Waals surface area contributed by atoms with Crippen LogP contribution in [-0.4, -0.2) is 39.4 Å². The van der Waals surface area contributed by atoms with Gasteiger partial charge in [-0.2, -0.15) is 5.11 Å². The molecule has 11 heteroatoms. The highest BCUT2D eigenvalue weighted by molar-refractivity contribution is 6.20. The number of amides is 1. The summed E-state index contributed by atoms with van der Waals surface area (Å²) in [6, 6.07) is 10.5. The summed E-state index contributed by atoms with van der Waals surface area (Å²) in [7, 11) is 0. The molecule has 3 heterocycles. The topological polar surface area (TPSA) is 99.4 Å². The van der Waals surface area contributed by atoms with Crippen molar-refractivity contribution < 1.29 is 23.4 Å². The maximum Gasteiger partial charge on any atom is 0.487 e. The van der Waals surface area contributed by atoms with Crippen LogP contribution >= 0.6 is 11.6 Å². The van der Waals surface area contributed by atoms with Crippen molar-refractivity contribution >= 4 is 29.0 Å². The van der Waals surface area contributed by atoms with Crippen molar-refractivity contribution in [3.63, 3.8) is 0 Å². The summed E-state index contributed by atoms with van der Waals surface area (Å²) >= 11 is 4.75. The van der Waals surface area contributed by atoms with Gasteiger partial charge in [-0.25, -0.2) is 4.98 Å². The molecule has 31 heavy (non-hydrogen) atoms. The Bertz CT molecular complexity index is 986. The average Bonchev–Trinajstić information content (AvgIpc) is 3.36. The van der Waals surface area contributed by atoms with Crippen molar-refractivity contribution in [2.75, 3.05) is 10.2 Å². The highest BCUT2D eigenvalue weighted by Gasteiger charge is 2.49. The van der Waals surface area contributed by atoms with E-state index in [1.807, 2.05) is 0 Å². The molecule has 161 valence electrons. The predicted molar refractivity (Wildman–Crippen MR) is 108 cm³/mol. The smallest absolute Gasteiger partial charge is 0.420 e. The number of pyridine rings is 1.